The smallest absolute Gasteiger partial charge is 0.205 e. The molecule has 0 aliphatic rings. The third-order valence-corrected chi connectivity index (χ3v) is 2.33. The highest BCUT2D eigenvalue weighted by molar-refractivity contribution is 14.1. The van der Waals surface area contributed by atoms with E-state index in [1.165, 1.54) is 6.07 Å². The third-order valence-electron chi connectivity index (χ3n) is 1.39. The lowest BCUT2D eigenvalue weighted by Crippen LogP contribution is -1.88. The number of hydrogen-bond donors (Lipinski definition) is 0. The van der Waals surface area contributed by atoms with Crippen molar-refractivity contribution in [3.8, 4) is 0 Å². The van der Waals surface area contributed by atoms with E-state index in [-0.39, 0.29) is 5.56 Å². The van der Waals surface area contributed by atoms with Crippen LogP contribution in [-0.2, 0) is 0 Å². The highest BCUT2D eigenvalue weighted by Crippen LogP contribution is 2.24. The van der Waals surface area contributed by atoms with Gasteiger partial charge in [-0.15, -0.1) is 0 Å². The fourth-order valence-electron chi connectivity index (χ4n) is 0.809. The van der Waals surface area contributed by atoms with Gasteiger partial charge in [0.25, 0.3) is 6.43 Å². The molecule has 0 fully saturated rings. The van der Waals surface area contributed by atoms with Crippen LogP contribution in [0.2, 0.25) is 0 Å². The van der Waals surface area contributed by atoms with Gasteiger partial charge in [0.1, 0.15) is 0 Å². The quantitative estimate of drug-likeness (QED) is 0.683. The minimum Gasteiger partial charge on any atom is -0.205 e. The largest absolute Gasteiger partial charge is 0.264 e. The molecular formula is C8H7F2I. The van der Waals surface area contributed by atoms with Gasteiger partial charge in [-0.05, 0) is 35.6 Å². The molecule has 1 aromatic carbocycles. The standard InChI is InChI=1S/C8H7F2I/c1-5-2-3-6(8(9)10)7(11)4-5/h2-4,8H,1H3. The van der Waals surface area contributed by atoms with Crippen LogP contribution in [0.25, 0.3) is 0 Å². The first kappa shape index (κ1) is 8.90. The van der Waals surface area contributed by atoms with Crippen LogP contribution >= 0.6 is 22.6 Å². The molecule has 0 saturated heterocycles. The van der Waals surface area contributed by atoms with E-state index in [4.69, 9.17) is 0 Å². The maximum absolute atomic E-state index is 12.2. The Balaban J connectivity index is 3.09. The zero-order chi connectivity index (χ0) is 8.43. The van der Waals surface area contributed by atoms with E-state index in [9.17, 15) is 8.78 Å². The van der Waals surface area contributed by atoms with Crippen LogP contribution in [0.3, 0.4) is 0 Å². The highest BCUT2D eigenvalue weighted by atomic mass is 127. The molecule has 0 N–H and O–H groups in total. The SMILES string of the molecule is Cc1ccc(C(F)F)c(I)c1. The molecule has 0 aliphatic carbocycles. The summed E-state index contributed by atoms with van der Waals surface area (Å²) in [5.74, 6) is 0. The molecule has 0 amide bonds. The van der Waals surface area contributed by atoms with Gasteiger partial charge in [0.2, 0.25) is 0 Å². The normalized spacial score (nSPS) is 10.6. The molecule has 0 unspecified atom stereocenters. The van der Waals surface area contributed by atoms with E-state index >= 15 is 0 Å². The summed E-state index contributed by atoms with van der Waals surface area (Å²) in [7, 11) is 0. The van der Waals surface area contributed by atoms with E-state index in [1.54, 1.807) is 12.1 Å². The van der Waals surface area contributed by atoms with Gasteiger partial charge in [-0.25, -0.2) is 8.78 Å². The second-order valence-corrected chi connectivity index (χ2v) is 3.49. The van der Waals surface area contributed by atoms with Crippen molar-refractivity contribution < 1.29 is 8.78 Å². The Morgan fingerprint density at radius 1 is 1.36 bits per heavy atom. The van der Waals surface area contributed by atoms with Gasteiger partial charge in [-0.2, -0.15) is 0 Å². The lowest BCUT2D eigenvalue weighted by molar-refractivity contribution is 0.150. The van der Waals surface area contributed by atoms with Crippen LogP contribution in [0.15, 0.2) is 18.2 Å². The summed E-state index contributed by atoms with van der Waals surface area (Å²) >= 11 is 1.92. The predicted molar refractivity (Wildman–Crippen MR) is 48.9 cm³/mol. The van der Waals surface area contributed by atoms with Crippen LogP contribution in [0.4, 0.5) is 8.78 Å². The summed E-state index contributed by atoms with van der Waals surface area (Å²) in [5.41, 5.74) is 1.13. The number of hydrogen-bond acceptors (Lipinski definition) is 0. The van der Waals surface area contributed by atoms with E-state index in [0.29, 0.717) is 3.57 Å². The number of rotatable bonds is 1. The monoisotopic (exact) mass is 268 g/mol. The molecule has 0 nitrogen and oxygen atoms in total. The van der Waals surface area contributed by atoms with Gasteiger partial charge in [0.05, 0.1) is 0 Å². The zero-order valence-corrected chi connectivity index (χ0v) is 8.10. The number of benzene rings is 1. The summed E-state index contributed by atoms with van der Waals surface area (Å²) in [5, 5.41) is 0. The number of aryl methyl sites for hydroxylation is 1. The second-order valence-electron chi connectivity index (χ2n) is 2.33. The Hall–Kier alpha value is -0.190. The Morgan fingerprint density at radius 2 is 2.00 bits per heavy atom. The lowest BCUT2D eigenvalue weighted by atomic mass is 10.2. The molecule has 0 aromatic heterocycles. The summed E-state index contributed by atoms with van der Waals surface area (Å²) in [6.07, 6.45) is -2.36. The molecule has 0 radical (unpaired) electrons. The molecule has 0 saturated carbocycles. The molecule has 0 bridgehead atoms. The van der Waals surface area contributed by atoms with Gasteiger partial charge >= 0.3 is 0 Å². The zero-order valence-electron chi connectivity index (χ0n) is 5.94. The average molecular weight is 268 g/mol. The van der Waals surface area contributed by atoms with Crippen molar-refractivity contribution in [3.05, 3.63) is 32.9 Å². The van der Waals surface area contributed by atoms with Crippen molar-refractivity contribution in [2.75, 3.05) is 0 Å². The molecule has 1 aromatic rings. The van der Waals surface area contributed by atoms with Crippen molar-refractivity contribution in [3.63, 3.8) is 0 Å². The van der Waals surface area contributed by atoms with Crippen molar-refractivity contribution in [1.29, 1.82) is 0 Å². The van der Waals surface area contributed by atoms with Crippen LogP contribution < -0.4 is 0 Å². The second kappa shape index (κ2) is 3.47. The summed E-state index contributed by atoms with van der Waals surface area (Å²) in [6, 6.07) is 4.92. The van der Waals surface area contributed by atoms with Crippen molar-refractivity contribution in [1.82, 2.24) is 0 Å². The molecule has 11 heavy (non-hydrogen) atoms. The molecule has 1 rings (SSSR count). The van der Waals surface area contributed by atoms with Crippen molar-refractivity contribution >= 4 is 22.6 Å². The van der Waals surface area contributed by atoms with Crippen LogP contribution in [0.5, 0.6) is 0 Å². The molecule has 0 heterocycles. The van der Waals surface area contributed by atoms with Gasteiger partial charge in [-0.3, -0.25) is 0 Å². The lowest BCUT2D eigenvalue weighted by Gasteiger charge is -2.02. The van der Waals surface area contributed by atoms with E-state index < -0.39 is 6.43 Å². The molecular weight excluding hydrogens is 261 g/mol. The summed E-state index contributed by atoms with van der Waals surface area (Å²) in [4.78, 5) is 0. The first-order chi connectivity index (χ1) is 5.11. The molecule has 3 heteroatoms. The maximum Gasteiger partial charge on any atom is 0.264 e. The Labute approximate surface area is 77.8 Å². The minimum atomic E-state index is -2.36. The molecule has 0 atom stereocenters. The highest BCUT2D eigenvalue weighted by Gasteiger charge is 2.09. The fourth-order valence-corrected chi connectivity index (χ4v) is 1.72. The van der Waals surface area contributed by atoms with E-state index in [2.05, 4.69) is 0 Å². The Bertz CT molecular complexity index is 258. The van der Waals surface area contributed by atoms with Gasteiger partial charge in [0, 0.05) is 9.13 Å². The molecule has 0 aliphatic heterocycles. The molecule has 0 spiro atoms. The molecule has 60 valence electrons. The van der Waals surface area contributed by atoms with E-state index in [1.807, 2.05) is 29.5 Å². The number of halogens is 3. The van der Waals surface area contributed by atoms with Gasteiger partial charge in [-0.1, -0.05) is 17.7 Å². The number of alkyl halides is 2. The van der Waals surface area contributed by atoms with Gasteiger partial charge < -0.3 is 0 Å². The first-order valence-corrected chi connectivity index (χ1v) is 4.23. The third kappa shape index (κ3) is 2.12. The fraction of sp³-hybridized carbons (Fsp3) is 0.250. The summed E-state index contributed by atoms with van der Waals surface area (Å²) in [6.45, 7) is 1.89. The van der Waals surface area contributed by atoms with Crippen LogP contribution in [0.1, 0.15) is 17.6 Å². The Morgan fingerprint density at radius 3 is 2.45 bits per heavy atom. The predicted octanol–water partition coefficient (Wildman–Crippen LogP) is 3.54. The van der Waals surface area contributed by atoms with E-state index in [0.717, 1.165) is 5.56 Å². The first-order valence-electron chi connectivity index (χ1n) is 3.15. The van der Waals surface area contributed by atoms with Crippen molar-refractivity contribution in [2.45, 2.75) is 13.3 Å². The Kier molecular flexibility index (Phi) is 2.81. The van der Waals surface area contributed by atoms with Gasteiger partial charge in [0.15, 0.2) is 0 Å². The average Bonchev–Trinajstić information content (AvgIpc) is 1.85. The topological polar surface area (TPSA) is 0 Å². The van der Waals surface area contributed by atoms with Crippen molar-refractivity contribution in [2.24, 2.45) is 0 Å². The van der Waals surface area contributed by atoms with Crippen LogP contribution in [0, 0.1) is 10.5 Å². The minimum absolute atomic E-state index is 0.121. The summed E-state index contributed by atoms with van der Waals surface area (Å²) < 4.78 is 24.9. The maximum atomic E-state index is 12.2. The van der Waals surface area contributed by atoms with Crippen LogP contribution in [-0.4, -0.2) is 0 Å².